The molecule has 3 nitrogen and oxygen atoms in total. The normalized spacial score (nSPS) is 25.7. The number of halogens is 1. The molecule has 1 N–H and O–H groups in total. The Bertz CT molecular complexity index is 715. The molecule has 1 aromatic heterocycles. The molecule has 1 fully saturated rings. The van der Waals surface area contributed by atoms with Crippen molar-refractivity contribution in [1.29, 1.82) is 0 Å². The summed E-state index contributed by atoms with van der Waals surface area (Å²) in [6, 6.07) is 12.2. The van der Waals surface area contributed by atoms with Crippen LogP contribution < -0.4 is 5.32 Å². The molecule has 3 atom stereocenters. The van der Waals surface area contributed by atoms with Crippen molar-refractivity contribution < 1.29 is 4.79 Å². The smallest absolute Gasteiger partial charge is 0.229 e. The van der Waals surface area contributed by atoms with Crippen LogP contribution in [-0.4, -0.2) is 10.9 Å². The van der Waals surface area contributed by atoms with Gasteiger partial charge in [0.15, 0.2) is 0 Å². The Morgan fingerprint density at radius 1 is 1.29 bits per heavy atom. The van der Waals surface area contributed by atoms with E-state index in [-0.39, 0.29) is 11.8 Å². The van der Waals surface area contributed by atoms with Crippen LogP contribution in [0.15, 0.2) is 47.1 Å². The number of anilines is 1. The summed E-state index contributed by atoms with van der Waals surface area (Å²) in [4.78, 5) is 16.7. The molecule has 21 heavy (non-hydrogen) atoms. The van der Waals surface area contributed by atoms with E-state index < -0.39 is 0 Å². The summed E-state index contributed by atoms with van der Waals surface area (Å²) in [5.41, 5.74) is 2.78. The third-order valence-corrected chi connectivity index (χ3v) is 5.10. The zero-order chi connectivity index (χ0) is 14.4. The lowest BCUT2D eigenvalue weighted by Gasteiger charge is -2.13. The maximum Gasteiger partial charge on any atom is 0.229 e. The van der Waals surface area contributed by atoms with E-state index in [0.717, 1.165) is 17.3 Å². The Labute approximate surface area is 131 Å². The van der Waals surface area contributed by atoms with Gasteiger partial charge in [-0.15, -0.1) is 0 Å². The second-order valence-electron chi connectivity index (χ2n) is 5.80. The lowest BCUT2D eigenvalue weighted by molar-refractivity contribution is -0.117. The minimum atomic E-state index is 0.104. The first-order valence-electron chi connectivity index (χ1n) is 7.24. The second kappa shape index (κ2) is 4.95. The summed E-state index contributed by atoms with van der Waals surface area (Å²) in [6.45, 7) is 0. The third-order valence-electron chi connectivity index (χ3n) is 4.61. The highest BCUT2D eigenvalue weighted by Crippen LogP contribution is 2.60. The van der Waals surface area contributed by atoms with Crippen LogP contribution in [0.2, 0.25) is 0 Å². The van der Waals surface area contributed by atoms with E-state index in [1.807, 2.05) is 12.1 Å². The van der Waals surface area contributed by atoms with Gasteiger partial charge in [-0.3, -0.25) is 4.79 Å². The van der Waals surface area contributed by atoms with Crippen LogP contribution in [0.4, 0.5) is 5.82 Å². The predicted octanol–water partition coefficient (Wildman–Crippen LogP) is 3.76. The molecule has 1 aromatic carbocycles. The number of pyridine rings is 1. The van der Waals surface area contributed by atoms with Gasteiger partial charge < -0.3 is 5.32 Å². The van der Waals surface area contributed by atoms with Crippen molar-refractivity contribution in [2.75, 3.05) is 5.32 Å². The summed E-state index contributed by atoms with van der Waals surface area (Å²) < 4.78 is 0.923. The average Bonchev–Trinajstić information content (AvgIpc) is 3.22. The van der Waals surface area contributed by atoms with Crippen molar-refractivity contribution in [2.45, 2.75) is 18.8 Å². The Hall–Kier alpha value is -1.68. The molecule has 0 aliphatic heterocycles. The van der Waals surface area contributed by atoms with Crippen molar-refractivity contribution in [3.8, 4) is 0 Å². The molecule has 4 rings (SSSR count). The van der Waals surface area contributed by atoms with Crippen molar-refractivity contribution in [3.63, 3.8) is 0 Å². The molecule has 1 heterocycles. The van der Waals surface area contributed by atoms with Gasteiger partial charge >= 0.3 is 0 Å². The number of hydrogen-bond donors (Lipinski definition) is 1. The first-order chi connectivity index (χ1) is 10.2. The molecule has 2 aliphatic carbocycles. The number of rotatable bonds is 2. The van der Waals surface area contributed by atoms with Gasteiger partial charge in [0, 0.05) is 16.6 Å². The van der Waals surface area contributed by atoms with Crippen molar-refractivity contribution >= 4 is 27.7 Å². The molecule has 2 aliphatic rings. The van der Waals surface area contributed by atoms with Crippen LogP contribution in [-0.2, 0) is 11.2 Å². The van der Waals surface area contributed by atoms with Crippen LogP contribution in [0.3, 0.4) is 0 Å². The number of aromatic nitrogens is 1. The fraction of sp³-hybridized carbons (Fsp3) is 0.294. The van der Waals surface area contributed by atoms with E-state index in [0.29, 0.717) is 17.7 Å². The molecule has 1 amide bonds. The van der Waals surface area contributed by atoms with Crippen LogP contribution in [0, 0.1) is 11.8 Å². The van der Waals surface area contributed by atoms with E-state index in [1.54, 1.807) is 6.20 Å². The van der Waals surface area contributed by atoms with Crippen LogP contribution in [0.5, 0.6) is 0 Å². The number of nitrogens with zero attached hydrogens (tertiary/aromatic N) is 1. The van der Waals surface area contributed by atoms with Crippen LogP contribution >= 0.6 is 15.9 Å². The number of benzene rings is 1. The van der Waals surface area contributed by atoms with E-state index in [4.69, 9.17) is 0 Å². The lowest BCUT2D eigenvalue weighted by Crippen LogP contribution is -2.16. The zero-order valence-electron chi connectivity index (χ0n) is 11.4. The van der Waals surface area contributed by atoms with E-state index in [9.17, 15) is 4.79 Å². The van der Waals surface area contributed by atoms with E-state index in [1.165, 1.54) is 11.1 Å². The Morgan fingerprint density at radius 3 is 3.00 bits per heavy atom. The fourth-order valence-corrected chi connectivity index (χ4v) is 3.94. The average molecular weight is 343 g/mol. The van der Waals surface area contributed by atoms with Crippen molar-refractivity contribution in [3.05, 3.63) is 58.2 Å². The molecular weight excluding hydrogens is 328 g/mol. The Kier molecular flexibility index (Phi) is 3.07. The largest absolute Gasteiger partial charge is 0.310 e. The number of fused-ring (bicyclic) bond motifs is 3. The summed E-state index contributed by atoms with van der Waals surface area (Å²) in [5.74, 6) is 1.74. The summed E-state index contributed by atoms with van der Waals surface area (Å²) in [7, 11) is 0. The van der Waals surface area contributed by atoms with Gasteiger partial charge in [0.25, 0.3) is 0 Å². The highest BCUT2D eigenvalue weighted by Gasteiger charge is 2.56. The molecule has 106 valence electrons. The second-order valence-corrected chi connectivity index (χ2v) is 6.72. The number of nitrogens with one attached hydrogen (secondary N) is 1. The number of amides is 1. The number of aryl methyl sites for hydroxylation is 1. The maximum atomic E-state index is 12.5. The van der Waals surface area contributed by atoms with Crippen LogP contribution in [0.1, 0.15) is 23.5 Å². The van der Waals surface area contributed by atoms with Gasteiger partial charge in [-0.1, -0.05) is 40.2 Å². The summed E-state index contributed by atoms with van der Waals surface area (Å²) in [6.07, 6.45) is 3.90. The Balaban J connectivity index is 1.53. The van der Waals surface area contributed by atoms with Gasteiger partial charge in [-0.25, -0.2) is 4.98 Å². The fourth-order valence-electron chi connectivity index (χ4n) is 3.61. The third kappa shape index (κ3) is 2.27. The minimum Gasteiger partial charge on any atom is -0.310 e. The van der Waals surface area contributed by atoms with E-state index in [2.05, 4.69) is 50.5 Å². The highest BCUT2D eigenvalue weighted by atomic mass is 79.9. The molecule has 0 radical (unpaired) electrons. The molecule has 4 heteroatoms. The molecule has 1 saturated carbocycles. The summed E-state index contributed by atoms with van der Waals surface area (Å²) in [5, 5.41) is 2.95. The SMILES string of the molecule is O=C(Nc1cc(Br)ccn1)C1C2CCc3ccccc3C21. The lowest BCUT2D eigenvalue weighted by atomic mass is 9.92. The van der Waals surface area contributed by atoms with Crippen LogP contribution in [0.25, 0.3) is 0 Å². The Morgan fingerprint density at radius 2 is 2.14 bits per heavy atom. The van der Waals surface area contributed by atoms with Gasteiger partial charge in [0.05, 0.1) is 0 Å². The molecule has 3 unspecified atom stereocenters. The number of carbonyl (C=O) groups is 1. The van der Waals surface area contributed by atoms with E-state index >= 15 is 0 Å². The highest BCUT2D eigenvalue weighted by molar-refractivity contribution is 9.10. The van der Waals surface area contributed by atoms with Gasteiger partial charge in [0.2, 0.25) is 5.91 Å². The summed E-state index contributed by atoms with van der Waals surface area (Å²) >= 11 is 3.40. The molecule has 0 saturated heterocycles. The van der Waals surface area contributed by atoms with Gasteiger partial charge in [-0.2, -0.15) is 0 Å². The topological polar surface area (TPSA) is 42.0 Å². The molecule has 0 spiro atoms. The minimum absolute atomic E-state index is 0.104. The quantitative estimate of drug-likeness (QED) is 0.902. The first kappa shape index (κ1) is 13.0. The van der Waals surface area contributed by atoms with Crippen molar-refractivity contribution in [2.24, 2.45) is 11.8 Å². The molecular formula is C17H15BrN2O. The first-order valence-corrected chi connectivity index (χ1v) is 8.03. The maximum absolute atomic E-state index is 12.5. The predicted molar refractivity (Wildman–Crippen MR) is 85.1 cm³/mol. The standard InChI is InChI=1S/C17H15BrN2O/c18-11-7-8-19-14(9-11)20-17(21)16-13-6-5-10-3-1-2-4-12(10)15(13)16/h1-4,7-9,13,15-16H,5-6H2,(H,19,20,21). The molecule has 2 aromatic rings. The number of carbonyl (C=O) groups excluding carboxylic acids is 1. The van der Waals surface area contributed by atoms with Crippen molar-refractivity contribution in [1.82, 2.24) is 4.98 Å². The molecule has 0 bridgehead atoms. The monoisotopic (exact) mass is 342 g/mol. The van der Waals surface area contributed by atoms with Gasteiger partial charge in [0.1, 0.15) is 5.82 Å². The number of hydrogen-bond acceptors (Lipinski definition) is 2. The van der Waals surface area contributed by atoms with Gasteiger partial charge in [-0.05, 0) is 47.9 Å². The zero-order valence-corrected chi connectivity index (χ0v) is 13.0.